The van der Waals surface area contributed by atoms with Crippen LogP contribution in [-0.2, 0) is 0 Å². The second kappa shape index (κ2) is 5.87. The molecule has 0 bridgehead atoms. The van der Waals surface area contributed by atoms with Gasteiger partial charge in [-0.25, -0.2) is 9.97 Å². The van der Waals surface area contributed by atoms with Gasteiger partial charge in [0.15, 0.2) is 0 Å². The number of anilines is 1. The van der Waals surface area contributed by atoms with Crippen LogP contribution in [0.5, 0.6) is 0 Å². The molecule has 0 amide bonds. The Kier molecular flexibility index (Phi) is 3.97. The van der Waals surface area contributed by atoms with Gasteiger partial charge in [-0.3, -0.25) is 0 Å². The average Bonchev–Trinajstić information content (AvgIpc) is 3.02. The average molecular weight is 260 g/mol. The first-order valence-electron chi connectivity index (χ1n) is 7.64. The Labute approximate surface area is 115 Å². The quantitative estimate of drug-likeness (QED) is 0.906. The molecule has 1 aromatic heterocycles. The molecule has 0 aromatic carbocycles. The van der Waals surface area contributed by atoms with Crippen molar-refractivity contribution in [1.82, 2.24) is 9.97 Å². The molecule has 0 spiro atoms. The molecule has 1 saturated carbocycles. The van der Waals surface area contributed by atoms with Crippen molar-refractivity contribution in [3.05, 3.63) is 18.0 Å². The van der Waals surface area contributed by atoms with Gasteiger partial charge in [0.2, 0.25) is 5.95 Å². The SMILES string of the molecule is NCC1CCN(c2ncc(C3CCCC3)cn2)CC1. The molecule has 2 heterocycles. The van der Waals surface area contributed by atoms with Gasteiger partial charge in [-0.1, -0.05) is 12.8 Å². The van der Waals surface area contributed by atoms with Gasteiger partial charge in [-0.2, -0.15) is 0 Å². The minimum Gasteiger partial charge on any atom is -0.341 e. The minimum atomic E-state index is 0.689. The molecule has 1 aliphatic heterocycles. The largest absolute Gasteiger partial charge is 0.341 e. The normalized spacial score (nSPS) is 22.1. The van der Waals surface area contributed by atoms with Gasteiger partial charge in [0.1, 0.15) is 0 Å². The first kappa shape index (κ1) is 12.9. The van der Waals surface area contributed by atoms with Crippen LogP contribution in [-0.4, -0.2) is 29.6 Å². The molecule has 0 unspecified atom stereocenters. The van der Waals surface area contributed by atoms with Crippen molar-refractivity contribution in [2.24, 2.45) is 11.7 Å². The van der Waals surface area contributed by atoms with E-state index in [0.29, 0.717) is 11.8 Å². The van der Waals surface area contributed by atoms with Crippen LogP contribution in [0.1, 0.15) is 50.0 Å². The molecule has 1 aromatic rings. The van der Waals surface area contributed by atoms with E-state index < -0.39 is 0 Å². The standard InChI is InChI=1S/C15H24N4/c16-9-12-5-7-19(8-6-12)15-17-10-14(11-18-15)13-3-1-2-4-13/h10-13H,1-9,16H2. The molecule has 2 aliphatic rings. The molecule has 3 rings (SSSR count). The lowest BCUT2D eigenvalue weighted by Gasteiger charge is -2.31. The Bertz CT molecular complexity index is 389. The van der Waals surface area contributed by atoms with Crippen molar-refractivity contribution in [2.45, 2.75) is 44.4 Å². The van der Waals surface area contributed by atoms with E-state index in [1.165, 1.54) is 44.1 Å². The molecule has 4 nitrogen and oxygen atoms in total. The minimum absolute atomic E-state index is 0.689. The van der Waals surface area contributed by atoms with E-state index in [1.807, 2.05) is 12.4 Å². The summed E-state index contributed by atoms with van der Waals surface area (Å²) in [5.74, 6) is 2.29. The van der Waals surface area contributed by atoms with E-state index in [-0.39, 0.29) is 0 Å². The molecule has 4 heteroatoms. The van der Waals surface area contributed by atoms with E-state index in [1.54, 1.807) is 0 Å². The van der Waals surface area contributed by atoms with Crippen molar-refractivity contribution in [3.8, 4) is 0 Å². The number of piperidine rings is 1. The number of rotatable bonds is 3. The van der Waals surface area contributed by atoms with Gasteiger partial charge in [0.25, 0.3) is 0 Å². The number of hydrogen-bond donors (Lipinski definition) is 1. The summed E-state index contributed by atoms with van der Waals surface area (Å²) in [6.07, 6.45) is 11.8. The van der Waals surface area contributed by atoms with Crippen LogP contribution in [0.15, 0.2) is 12.4 Å². The molecule has 2 fully saturated rings. The van der Waals surface area contributed by atoms with Gasteiger partial charge in [-0.05, 0) is 49.6 Å². The fraction of sp³-hybridized carbons (Fsp3) is 0.733. The fourth-order valence-electron chi connectivity index (χ4n) is 3.33. The fourth-order valence-corrected chi connectivity index (χ4v) is 3.33. The van der Waals surface area contributed by atoms with Crippen LogP contribution in [0.25, 0.3) is 0 Å². The summed E-state index contributed by atoms with van der Waals surface area (Å²) in [5.41, 5.74) is 7.06. The van der Waals surface area contributed by atoms with Crippen LogP contribution in [0, 0.1) is 5.92 Å². The van der Waals surface area contributed by atoms with Gasteiger partial charge < -0.3 is 10.6 Å². The predicted octanol–water partition coefficient (Wildman–Crippen LogP) is 2.31. The maximum Gasteiger partial charge on any atom is 0.225 e. The molecule has 104 valence electrons. The molecule has 0 atom stereocenters. The maximum atomic E-state index is 5.73. The highest BCUT2D eigenvalue weighted by Gasteiger charge is 2.21. The molecule has 2 N–H and O–H groups in total. The van der Waals surface area contributed by atoms with Crippen molar-refractivity contribution >= 4 is 5.95 Å². The second-order valence-corrected chi connectivity index (χ2v) is 5.96. The Balaban J connectivity index is 1.62. The van der Waals surface area contributed by atoms with Crippen LogP contribution in [0.2, 0.25) is 0 Å². The smallest absolute Gasteiger partial charge is 0.225 e. The first-order chi connectivity index (χ1) is 9.36. The first-order valence-corrected chi connectivity index (χ1v) is 7.64. The van der Waals surface area contributed by atoms with Crippen molar-refractivity contribution in [2.75, 3.05) is 24.5 Å². The van der Waals surface area contributed by atoms with Crippen molar-refractivity contribution in [3.63, 3.8) is 0 Å². The Morgan fingerprint density at radius 1 is 1.05 bits per heavy atom. The van der Waals surface area contributed by atoms with Gasteiger partial charge in [0.05, 0.1) is 0 Å². The highest BCUT2D eigenvalue weighted by atomic mass is 15.2. The van der Waals surface area contributed by atoms with E-state index in [4.69, 9.17) is 5.73 Å². The predicted molar refractivity (Wildman–Crippen MR) is 77.2 cm³/mol. The maximum absolute atomic E-state index is 5.73. The van der Waals surface area contributed by atoms with Crippen LogP contribution < -0.4 is 10.6 Å². The zero-order valence-corrected chi connectivity index (χ0v) is 11.6. The summed E-state index contributed by atoms with van der Waals surface area (Å²) in [5, 5.41) is 0. The van der Waals surface area contributed by atoms with Crippen LogP contribution in [0.3, 0.4) is 0 Å². The monoisotopic (exact) mass is 260 g/mol. The number of aromatic nitrogens is 2. The van der Waals surface area contributed by atoms with E-state index in [0.717, 1.165) is 25.6 Å². The molecule has 1 saturated heterocycles. The third-order valence-electron chi connectivity index (χ3n) is 4.72. The summed E-state index contributed by atoms with van der Waals surface area (Å²) in [4.78, 5) is 11.5. The van der Waals surface area contributed by atoms with E-state index in [9.17, 15) is 0 Å². The zero-order valence-electron chi connectivity index (χ0n) is 11.6. The van der Waals surface area contributed by atoms with E-state index >= 15 is 0 Å². The third kappa shape index (κ3) is 2.89. The lowest BCUT2D eigenvalue weighted by molar-refractivity contribution is 0.411. The lowest BCUT2D eigenvalue weighted by atomic mass is 9.97. The summed E-state index contributed by atoms with van der Waals surface area (Å²) < 4.78 is 0. The highest BCUT2D eigenvalue weighted by Crippen LogP contribution is 2.33. The summed E-state index contributed by atoms with van der Waals surface area (Å²) in [7, 11) is 0. The topological polar surface area (TPSA) is 55.0 Å². The van der Waals surface area contributed by atoms with Crippen molar-refractivity contribution < 1.29 is 0 Å². The summed E-state index contributed by atoms with van der Waals surface area (Å²) in [6.45, 7) is 2.91. The molecule has 0 radical (unpaired) electrons. The Morgan fingerprint density at radius 2 is 1.68 bits per heavy atom. The summed E-state index contributed by atoms with van der Waals surface area (Å²) in [6, 6.07) is 0. The number of nitrogens with zero attached hydrogens (tertiary/aromatic N) is 3. The molecular weight excluding hydrogens is 236 g/mol. The Hall–Kier alpha value is -1.16. The zero-order chi connectivity index (χ0) is 13.1. The molecule has 1 aliphatic carbocycles. The lowest BCUT2D eigenvalue weighted by Crippen LogP contribution is -2.37. The highest BCUT2D eigenvalue weighted by molar-refractivity contribution is 5.31. The van der Waals surface area contributed by atoms with Gasteiger partial charge in [0, 0.05) is 25.5 Å². The van der Waals surface area contributed by atoms with Gasteiger partial charge >= 0.3 is 0 Å². The van der Waals surface area contributed by atoms with Gasteiger partial charge in [-0.15, -0.1) is 0 Å². The van der Waals surface area contributed by atoms with E-state index in [2.05, 4.69) is 14.9 Å². The van der Waals surface area contributed by atoms with Crippen LogP contribution >= 0.6 is 0 Å². The third-order valence-corrected chi connectivity index (χ3v) is 4.72. The second-order valence-electron chi connectivity index (χ2n) is 5.96. The van der Waals surface area contributed by atoms with Crippen LogP contribution in [0.4, 0.5) is 5.95 Å². The Morgan fingerprint density at radius 3 is 2.26 bits per heavy atom. The molecular formula is C15H24N4. The van der Waals surface area contributed by atoms with Crippen molar-refractivity contribution in [1.29, 1.82) is 0 Å². The number of hydrogen-bond acceptors (Lipinski definition) is 4. The summed E-state index contributed by atoms with van der Waals surface area (Å²) >= 11 is 0. The number of nitrogens with two attached hydrogens (primary N) is 1. The molecule has 19 heavy (non-hydrogen) atoms.